The van der Waals surface area contributed by atoms with Crippen molar-refractivity contribution in [3.8, 4) is 0 Å². The van der Waals surface area contributed by atoms with Gasteiger partial charge in [-0.1, -0.05) is 11.6 Å². The number of benzene rings is 1. The number of nitro benzene ring substituents is 1. The Hall–Kier alpha value is -3.00. The molecule has 3 rings (SSSR count). The van der Waals surface area contributed by atoms with E-state index in [1.807, 2.05) is 0 Å². The molecule has 0 spiro atoms. The van der Waals surface area contributed by atoms with E-state index in [4.69, 9.17) is 16.3 Å². The van der Waals surface area contributed by atoms with E-state index >= 15 is 0 Å². The van der Waals surface area contributed by atoms with Crippen LogP contribution >= 0.6 is 11.6 Å². The third kappa shape index (κ3) is 3.04. The lowest BCUT2D eigenvalue weighted by molar-refractivity contribution is -0.384. The van der Waals surface area contributed by atoms with E-state index in [2.05, 4.69) is 9.97 Å². The topological polar surface area (TPSA) is 100 Å². The van der Waals surface area contributed by atoms with Crippen molar-refractivity contribution in [2.24, 2.45) is 7.05 Å². The summed E-state index contributed by atoms with van der Waals surface area (Å²) >= 11 is 5.96. The Labute approximate surface area is 140 Å². The zero-order valence-electron chi connectivity index (χ0n) is 12.5. The van der Waals surface area contributed by atoms with E-state index in [-0.39, 0.29) is 22.9 Å². The lowest BCUT2D eigenvalue weighted by atomic mass is 10.2. The number of non-ortho nitro benzene ring substituents is 1. The van der Waals surface area contributed by atoms with Crippen LogP contribution in [0.15, 0.2) is 36.8 Å². The standard InChI is InChI=1S/C15H11ClN4O4/c1-19-8-18-13-4-10(6-17-14(13)19)15(21)24-7-9-2-3-11(20(22)23)5-12(9)16/h2-6,8H,7H2,1H3. The van der Waals surface area contributed by atoms with Crippen LogP contribution in [0.1, 0.15) is 15.9 Å². The molecule has 3 aromatic rings. The van der Waals surface area contributed by atoms with Crippen molar-refractivity contribution in [1.82, 2.24) is 14.5 Å². The van der Waals surface area contributed by atoms with Gasteiger partial charge in [0.15, 0.2) is 5.65 Å². The van der Waals surface area contributed by atoms with Crippen LogP contribution in [0.5, 0.6) is 0 Å². The number of imidazole rings is 1. The van der Waals surface area contributed by atoms with Gasteiger partial charge in [-0.2, -0.15) is 0 Å². The highest BCUT2D eigenvalue weighted by Crippen LogP contribution is 2.23. The number of pyridine rings is 1. The van der Waals surface area contributed by atoms with Crippen molar-refractivity contribution in [1.29, 1.82) is 0 Å². The van der Waals surface area contributed by atoms with Crippen LogP contribution < -0.4 is 0 Å². The fourth-order valence-corrected chi connectivity index (χ4v) is 2.35. The molecular weight excluding hydrogens is 336 g/mol. The molecule has 0 aliphatic carbocycles. The summed E-state index contributed by atoms with van der Waals surface area (Å²) in [6.07, 6.45) is 3.01. The summed E-state index contributed by atoms with van der Waals surface area (Å²) in [5, 5.41) is 10.8. The van der Waals surface area contributed by atoms with Gasteiger partial charge in [-0.05, 0) is 12.1 Å². The van der Waals surface area contributed by atoms with Crippen molar-refractivity contribution in [2.45, 2.75) is 6.61 Å². The molecule has 0 saturated heterocycles. The monoisotopic (exact) mass is 346 g/mol. The highest BCUT2D eigenvalue weighted by Gasteiger charge is 2.14. The summed E-state index contributed by atoms with van der Waals surface area (Å²) in [5.74, 6) is -0.579. The van der Waals surface area contributed by atoms with Gasteiger partial charge in [0, 0.05) is 30.9 Å². The summed E-state index contributed by atoms with van der Waals surface area (Å²) in [4.78, 5) is 30.5. The molecule has 1 aromatic carbocycles. The summed E-state index contributed by atoms with van der Waals surface area (Å²) < 4.78 is 6.92. The van der Waals surface area contributed by atoms with Crippen LogP contribution in [-0.4, -0.2) is 25.4 Å². The molecule has 0 aliphatic heterocycles. The molecule has 0 aliphatic rings. The number of hydrogen-bond acceptors (Lipinski definition) is 6. The van der Waals surface area contributed by atoms with Crippen molar-refractivity contribution in [3.05, 3.63) is 63.1 Å². The highest BCUT2D eigenvalue weighted by molar-refractivity contribution is 6.31. The Balaban J connectivity index is 1.73. The summed E-state index contributed by atoms with van der Waals surface area (Å²) in [6.45, 7) is -0.101. The van der Waals surface area contributed by atoms with E-state index in [0.29, 0.717) is 16.7 Å². The number of hydrogen-bond donors (Lipinski definition) is 0. The lowest BCUT2D eigenvalue weighted by Crippen LogP contribution is -2.06. The van der Waals surface area contributed by atoms with Gasteiger partial charge >= 0.3 is 5.97 Å². The highest BCUT2D eigenvalue weighted by atomic mass is 35.5. The molecule has 2 heterocycles. The molecule has 0 amide bonds. The van der Waals surface area contributed by atoms with Crippen molar-refractivity contribution in [2.75, 3.05) is 0 Å². The summed E-state index contributed by atoms with van der Waals surface area (Å²) in [6, 6.07) is 5.55. The van der Waals surface area contributed by atoms with Crippen molar-refractivity contribution in [3.63, 3.8) is 0 Å². The quantitative estimate of drug-likeness (QED) is 0.409. The maximum Gasteiger partial charge on any atom is 0.340 e. The Bertz CT molecular complexity index is 954. The third-order valence-corrected chi connectivity index (χ3v) is 3.75. The van der Waals surface area contributed by atoms with Crippen LogP contribution in [0, 0.1) is 10.1 Å². The van der Waals surface area contributed by atoms with Crippen LogP contribution in [0.4, 0.5) is 5.69 Å². The van der Waals surface area contributed by atoms with Crippen molar-refractivity contribution >= 4 is 34.4 Å². The zero-order valence-corrected chi connectivity index (χ0v) is 13.2. The second-order valence-corrected chi connectivity index (χ2v) is 5.44. The number of carbonyl (C=O) groups excluding carboxylic acids is 1. The number of nitro groups is 1. The first kappa shape index (κ1) is 15.9. The molecule has 0 N–H and O–H groups in total. The molecule has 0 bridgehead atoms. The molecular formula is C15H11ClN4O4. The zero-order chi connectivity index (χ0) is 17.3. The second kappa shape index (κ2) is 6.25. The predicted molar refractivity (Wildman–Crippen MR) is 85.7 cm³/mol. The maximum atomic E-state index is 12.1. The van der Waals surface area contributed by atoms with Crippen LogP contribution in [0.3, 0.4) is 0 Å². The van der Waals surface area contributed by atoms with Crippen LogP contribution in [0.2, 0.25) is 5.02 Å². The molecule has 9 heteroatoms. The molecule has 8 nitrogen and oxygen atoms in total. The number of esters is 1. The van der Waals surface area contributed by atoms with Gasteiger partial charge < -0.3 is 9.30 Å². The van der Waals surface area contributed by atoms with Gasteiger partial charge in [0.1, 0.15) is 12.1 Å². The Morgan fingerprint density at radius 3 is 2.88 bits per heavy atom. The second-order valence-electron chi connectivity index (χ2n) is 5.03. The molecule has 2 aromatic heterocycles. The number of halogens is 1. The number of carbonyl (C=O) groups is 1. The number of aryl methyl sites for hydroxylation is 1. The average Bonchev–Trinajstić information content (AvgIpc) is 2.94. The maximum absolute atomic E-state index is 12.1. The number of aromatic nitrogens is 3. The Morgan fingerprint density at radius 1 is 1.38 bits per heavy atom. The first-order chi connectivity index (χ1) is 11.5. The Morgan fingerprint density at radius 2 is 2.17 bits per heavy atom. The number of fused-ring (bicyclic) bond motifs is 1. The normalized spacial score (nSPS) is 10.8. The lowest BCUT2D eigenvalue weighted by Gasteiger charge is -2.06. The minimum absolute atomic E-state index is 0.101. The van der Waals surface area contributed by atoms with Crippen molar-refractivity contribution < 1.29 is 14.5 Å². The van der Waals surface area contributed by atoms with E-state index in [0.717, 1.165) is 0 Å². The molecule has 0 saturated carbocycles. The first-order valence-electron chi connectivity index (χ1n) is 6.82. The molecule has 24 heavy (non-hydrogen) atoms. The van der Waals surface area contributed by atoms with Gasteiger partial charge in [-0.25, -0.2) is 14.8 Å². The minimum Gasteiger partial charge on any atom is -0.457 e. The summed E-state index contributed by atoms with van der Waals surface area (Å²) in [5.41, 5.74) is 1.85. The SMILES string of the molecule is Cn1cnc2cc(C(=O)OCc3ccc([N+](=O)[O-])cc3Cl)cnc21. The fourth-order valence-electron chi connectivity index (χ4n) is 2.12. The number of rotatable bonds is 4. The average molecular weight is 347 g/mol. The Kier molecular flexibility index (Phi) is 4.13. The summed E-state index contributed by atoms with van der Waals surface area (Å²) in [7, 11) is 1.80. The molecule has 0 fully saturated rings. The largest absolute Gasteiger partial charge is 0.457 e. The van der Waals surface area contributed by atoms with Gasteiger partial charge in [-0.15, -0.1) is 0 Å². The number of nitrogens with zero attached hydrogens (tertiary/aromatic N) is 4. The third-order valence-electron chi connectivity index (χ3n) is 3.39. The molecule has 0 unspecified atom stereocenters. The van der Waals surface area contributed by atoms with Gasteiger partial charge in [0.25, 0.3) is 5.69 Å². The van der Waals surface area contributed by atoms with Crippen LogP contribution in [-0.2, 0) is 18.4 Å². The minimum atomic E-state index is -0.579. The fraction of sp³-hybridized carbons (Fsp3) is 0.133. The predicted octanol–water partition coefficient (Wildman–Crippen LogP) is 2.89. The molecule has 122 valence electrons. The van der Waals surface area contributed by atoms with Gasteiger partial charge in [0.05, 0.1) is 21.8 Å². The molecule has 0 radical (unpaired) electrons. The molecule has 0 atom stereocenters. The van der Waals surface area contributed by atoms with E-state index in [1.54, 1.807) is 24.0 Å². The first-order valence-corrected chi connectivity index (χ1v) is 7.20. The van der Waals surface area contributed by atoms with Gasteiger partial charge in [0.2, 0.25) is 0 Å². The van der Waals surface area contributed by atoms with E-state index in [9.17, 15) is 14.9 Å². The van der Waals surface area contributed by atoms with E-state index < -0.39 is 10.9 Å². The van der Waals surface area contributed by atoms with E-state index in [1.165, 1.54) is 24.4 Å². The van der Waals surface area contributed by atoms with Gasteiger partial charge in [-0.3, -0.25) is 10.1 Å². The smallest absolute Gasteiger partial charge is 0.340 e. The van der Waals surface area contributed by atoms with Crippen LogP contribution in [0.25, 0.3) is 11.2 Å². The number of ether oxygens (including phenoxy) is 1.